The molecular formula is C19H29N3O3. The average molecular weight is 347 g/mol. The summed E-state index contributed by atoms with van der Waals surface area (Å²) in [5.74, 6) is -0.0925. The third-order valence-corrected chi connectivity index (χ3v) is 4.92. The third kappa shape index (κ3) is 5.19. The molecule has 1 saturated heterocycles. The minimum atomic E-state index is -0.345. The average Bonchev–Trinajstić information content (AvgIpc) is 2.91. The highest BCUT2D eigenvalue weighted by Crippen LogP contribution is 2.24. The quantitative estimate of drug-likeness (QED) is 0.740. The number of carbonyl (C=O) groups excluding carboxylic acids is 2. The molecule has 1 aromatic rings. The number of ether oxygens (including phenoxy) is 1. The summed E-state index contributed by atoms with van der Waals surface area (Å²) in [6.45, 7) is 8.98. The number of benzene rings is 1. The van der Waals surface area contributed by atoms with Crippen molar-refractivity contribution in [3.8, 4) is 0 Å². The minimum Gasteiger partial charge on any atom is -0.376 e. The Morgan fingerprint density at radius 3 is 2.80 bits per heavy atom. The van der Waals surface area contributed by atoms with Crippen LogP contribution < -0.4 is 16.0 Å². The normalized spacial score (nSPS) is 23.8. The second kappa shape index (κ2) is 8.34. The molecule has 0 aliphatic carbocycles. The van der Waals surface area contributed by atoms with Crippen LogP contribution in [0.15, 0.2) is 24.3 Å². The first-order chi connectivity index (χ1) is 11.8. The second-order valence-electron chi connectivity index (χ2n) is 6.97. The van der Waals surface area contributed by atoms with E-state index < -0.39 is 0 Å². The predicted octanol–water partition coefficient (Wildman–Crippen LogP) is 2.58. The van der Waals surface area contributed by atoms with E-state index in [1.165, 1.54) is 0 Å². The smallest absolute Gasteiger partial charge is 0.315 e. The van der Waals surface area contributed by atoms with Gasteiger partial charge in [0.05, 0.1) is 11.6 Å². The van der Waals surface area contributed by atoms with Crippen molar-refractivity contribution in [2.45, 2.75) is 64.8 Å². The molecule has 1 aromatic carbocycles. The molecule has 3 atom stereocenters. The van der Waals surface area contributed by atoms with E-state index in [1.54, 1.807) is 12.1 Å². The molecule has 0 bridgehead atoms. The Kier molecular flexibility index (Phi) is 6.42. The SMILES string of the molecule is CCC(C)NC(=O)c1cccc(CNC(=O)NC2(C)CCOC2C)c1. The Bertz CT molecular complexity index is 620. The van der Waals surface area contributed by atoms with Crippen LogP contribution in [0.25, 0.3) is 0 Å². The molecule has 3 N–H and O–H groups in total. The molecule has 1 aliphatic rings. The van der Waals surface area contributed by atoms with Gasteiger partial charge < -0.3 is 20.7 Å². The number of amides is 3. The van der Waals surface area contributed by atoms with Crippen LogP contribution in [0, 0.1) is 0 Å². The van der Waals surface area contributed by atoms with Gasteiger partial charge in [0, 0.05) is 24.8 Å². The molecule has 1 fully saturated rings. The predicted molar refractivity (Wildman–Crippen MR) is 97.5 cm³/mol. The van der Waals surface area contributed by atoms with E-state index in [0.29, 0.717) is 18.7 Å². The van der Waals surface area contributed by atoms with Crippen LogP contribution in [-0.2, 0) is 11.3 Å². The van der Waals surface area contributed by atoms with E-state index in [0.717, 1.165) is 18.4 Å². The van der Waals surface area contributed by atoms with Gasteiger partial charge in [-0.15, -0.1) is 0 Å². The Morgan fingerprint density at radius 2 is 2.16 bits per heavy atom. The van der Waals surface area contributed by atoms with Gasteiger partial charge in [0.1, 0.15) is 0 Å². The Labute approximate surface area is 149 Å². The Balaban J connectivity index is 1.89. The molecule has 2 rings (SSSR count). The van der Waals surface area contributed by atoms with E-state index in [1.807, 2.05) is 39.8 Å². The van der Waals surface area contributed by atoms with Crippen LogP contribution in [0.1, 0.15) is 56.5 Å². The summed E-state index contributed by atoms with van der Waals surface area (Å²) in [5, 5.41) is 8.79. The first-order valence-electron chi connectivity index (χ1n) is 8.91. The minimum absolute atomic E-state index is 0.00849. The zero-order valence-corrected chi connectivity index (χ0v) is 15.5. The Hall–Kier alpha value is -2.08. The molecule has 3 amide bonds. The van der Waals surface area contributed by atoms with E-state index in [-0.39, 0.29) is 29.6 Å². The molecule has 1 aliphatic heterocycles. The lowest BCUT2D eigenvalue weighted by atomic mass is 9.95. The molecule has 25 heavy (non-hydrogen) atoms. The summed E-state index contributed by atoms with van der Waals surface area (Å²) < 4.78 is 5.53. The van der Waals surface area contributed by atoms with Crippen molar-refractivity contribution in [2.24, 2.45) is 0 Å². The number of hydrogen-bond acceptors (Lipinski definition) is 3. The van der Waals surface area contributed by atoms with Gasteiger partial charge in [0.15, 0.2) is 0 Å². The van der Waals surface area contributed by atoms with Crippen molar-refractivity contribution in [1.29, 1.82) is 0 Å². The lowest BCUT2D eigenvalue weighted by Crippen LogP contribution is -2.53. The van der Waals surface area contributed by atoms with Crippen molar-refractivity contribution in [1.82, 2.24) is 16.0 Å². The number of urea groups is 1. The van der Waals surface area contributed by atoms with Gasteiger partial charge in [-0.3, -0.25) is 4.79 Å². The van der Waals surface area contributed by atoms with Crippen molar-refractivity contribution < 1.29 is 14.3 Å². The standard InChI is InChI=1S/C19H29N3O3/c1-5-13(2)21-17(23)16-8-6-7-15(11-16)12-20-18(24)22-19(4)9-10-25-14(19)3/h6-8,11,13-14H,5,9-10,12H2,1-4H3,(H,21,23)(H2,20,22,24). The van der Waals surface area contributed by atoms with Crippen molar-refractivity contribution >= 4 is 11.9 Å². The Morgan fingerprint density at radius 1 is 1.40 bits per heavy atom. The summed E-state index contributed by atoms with van der Waals surface area (Å²) in [4.78, 5) is 24.4. The van der Waals surface area contributed by atoms with Gasteiger partial charge in [0.25, 0.3) is 5.91 Å². The molecule has 3 unspecified atom stereocenters. The molecular weight excluding hydrogens is 318 g/mol. The highest BCUT2D eigenvalue weighted by atomic mass is 16.5. The lowest BCUT2D eigenvalue weighted by molar-refractivity contribution is 0.0911. The number of carbonyl (C=O) groups is 2. The first-order valence-corrected chi connectivity index (χ1v) is 8.91. The van der Waals surface area contributed by atoms with Gasteiger partial charge in [-0.2, -0.15) is 0 Å². The zero-order chi connectivity index (χ0) is 18.4. The third-order valence-electron chi connectivity index (χ3n) is 4.92. The van der Waals surface area contributed by atoms with E-state index in [9.17, 15) is 9.59 Å². The maximum Gasteiger partial charge on any atom is 0.315 e. The molecule has 0 saturated carbocycles. The fourth-order valence-electron chi connectivity index (χ4n) is 2.72. The summed E-state index contributed by atoms with van der Waals surface area (Å²) >= 11 is 0. The summed E-state index contributed by atoms with van der Waals surface area (Å²) in [6.07, 6.45) is 1.67. The van der Waals surface area contributed by atoms with Gasteiger partial charge in [-0.05, 0) is 51.3 Å². The molecule has 138 valence electrons. The van der Waals surface area contributed by atoms with Crippen LogP contribution in [-0.4, -0.2) is 36.2 Å². The van der Waals surface area contributed by atoms with Crippen LogP contribution in [0.3, 0.4) is 0 Å². The van der Waals surface area contributed by atoms with Crippen LogP contribution in [0.5, 0.6) is 0 Å². The van der Waals surface area contributed by atoms with Crippen LogP contribution in [0.4, 0.5) is 4.79 Å². The number of nitrogens with one attached hydrogen (secondary N) is 3. The van der Waals surface area contributed by atoms with Crippen molar-refractivity contribution in [3.05, 3.63) is 35.4 Å². The monoisotopic (exact) mass is 347 g/mol. The summed E-state index contributed by atoms with van der Waals surface area (Å²) in [6, 6.07) is 7.21. The maximum atomic E-state index is 12.2. The van der Waals surface area contributed by atoms with Gasteiger partial charge >= 0.3 is 6.03 Å². The fraction of sp³-hybridized carbons (Fsp3) is 0.579. The number of hydrogen-bond donors (Lipinski definition) is 3. The number of rotatable bonds is 6. The van der Waals surface area contributed by atoms with Crippen molar-refractivity contribution in [3.63, 3.8) is 0 Å². The molecule has 6 heteroatoms. The summed E-state index contributed by atoms with van der Waals surface area (Å²) in [7, 11) is 0. The van der Waals surface area contributed by atoms with Gasteiger partial charge in [-0.25, -0.2) is 4.79 Å². The van der Waals surface area contributed by atoms with Gasteiger partial charge in [-0.1, -0.05) is 19.1 Å². The fourth-order valence-corrected chi connectivity index (χ4v) is 2.72. The largest absolute Gasteiger partial charge is 0.376 e. The molecule has 0 radical (unpaired) electrons. The first kappa shape index (κ1) is 19.2. The van der Waals surface area contributed by atoms with Crippen LogP contribution in [0.2, 0.25) is 0 Å². The molecule has 0 aromatic heterocycles. The van der Waals surface area contributed by atoms with E-state index in [4.69, 9.17) is 4.74 Å². The maximum absolute atomic E-state index is 12.2. The lowest BCUT2D eigenvalue weighted by Gasteiger charge is -2.28. The molecule has 0 spiro atoms. The zero-order valence-electron chi connectivity index (χ0n) is 15.5. The van der Waals surface area contributed by atoms with Gasteiger partial charge in [0.2, 0.25) is 0 Å². The van der Waals surface area contributed by atoms with Crippen molar-refractivity contribution in [2.75, 3.05) is 6.61 Å². The highest BCUT2D eigenvalue weighted by Gasteiger charge is 2.38. The van der Waals surface area contributed by atoms with Crippen LogP contribution >= 0.6 is 0 Å². The molecule has 6 nitrogen and oxygen atoms in total. The second-order valence-corrected chi connectivity index (χ2v) is 6.97. The van der Waals surface area contributed by atoms with E-state index in [2.05, 4.69) is 16.0 Å². The topological polar surface area (TPSA) is 79.5 Å². The van der Waals surface area contributed by atoms with E-state index >= 15 is 0 Å². The highest BCUT2D eigenvalue weighted by molar-refractivity contribution is 5.94. The summed E-state index contributed by atoms with van der Waals surface area (Å²) in [5.41, 5.74) is 1.14. The molecule has 1 heterocycles.